The van der Waals surface area contributed by atoms with Crippen LogP contribution in [0.2, 0.25) is 0 Å². The minimum absolute atomic E-state index is 0.145. The molecule has 0 aromatic heterocycles. The van der Waals surface area contributed by atoms with Crippen LogP contribution in [0.4, 0.5) is 0 Å². The Hall–Kier alpha value is -2.56. The zero-order valence-electron chi connectivity index (χ0n) is 39.2. The second kappa shape index (κ2) is 45.0. The summed E-state index contributed by atoms with van der Waals surface area (Å²) in [6.07, 6.45) is 51.5. The molecule has 0 aromatic carbocycles. The number of unbranched alkanes of at least 4 members (excludes halogenated alkanes) is 24. The van der Waals surface area contributed by atoms with E-state index in [0.29, 0.717) is 12.8 Å². The quantitative estimate of drug-likeness (QED) is 0.0200. The van der Waals surface area contributed by atoms with Gasteiger partial charge in [-0.1, -0.05) is 204 Å². The fourth-order valence-electron chi connectivity index (χ4n) is 6.84. The first-order chi connectivity index (χ1) is 30.1. The zero-order chi connectivity index (χ0) is 45.6. The zero-order valence-corrected chi connectivity index (χ0v) is 40.1. The molecule has 0 fully saturated rings. The van der Waals surface area contributed by atoms with E-state index in [4.69, 9.17) is 13.8 Å². The van der Waals surface area contributed by atoms with Gasteiger partial charge in [-0.15, -0.1) is 0 Å². The Bertz CT molecular complexity index is 1240. The van der Waals surface area contributed by atoms with Crippen molar-refractivity contribution >= 4 is 25.7 Å². The molecule has 3 unspecified atom stereocenters. The first kappa shape index (κ1) is 59.4. The Balaban J connectivity index is 3.85. The number of aliphatic carboxylic acids is 1. The van der Waals surface area contributed by atoms with Gasteiger partial charge in [-0.2, -0.15) is 0 Å². The van der Waals surface area contributed by atoms with Gasteiger partial charge in [0.05, 0.1) is 13.2 Å². The minimum atomic E-state index is -4.77. The lowest BCUT2D eigenvalue weighted by Gasteiger charge is -2.18. The monoisotopic (exact) mass is 896 g/mol. The molecule has 62 heavy (non-hydrogen) atoms. The van der Waals surface area contributed by atoms with Gasteiger partial charge >= 0.3 is 19.8 Å². The smallest absolute Gasteiger partial charge is 0.472 e. The number of ether oxygens (including phenoxy) is 1. The van der Waals surface area contributed by atoms with E-state index in [-0.39, 0.29) is 12.8 Å². The third kappa shape index (κ3) is 44.1. The second-order valence-corrected chi connectivity index (χ2v) is 18.1. The molecule has 0 aliphatic carbocycles. The highest BCUT2D eigenvalue weighted by molar-refractivity contribution is 7.47. The van der Waals surface area contributed by atoms with Gasteiger partial charge in [0.1, 0.15) is 12.7 Å². The van der Waals surface area contributed by atoms with E-state index in [1.807, 2.05) is 0 Å². The molecule has 0 bridgehead atoms. The maximum atomic E-state index is 12.4. The predicted molar refractivity (Wildman–Crippen MR) is 254 cm³/mol. The van der Waals surface area contributed by atoms with Crippen molar-refractivity contribution < 1.29 is 47.8 Å². The average molecular weight is 896 g/mol. The Morgan fingerprint density at radius 3 is 1.39 bits per heavy atom. The van der Waals surface area contributed by atoms with E-state index in [1.54, 1.807) is 0 Å². The molecule has 12 heteroatoms. The predicted octanol–water partition coefficient (Wildman–Crippen LogP) is 13.3. The van der Waals surface area contributed by atoms with Crippen LogP contribution in [0.5, 0.6) is 0 Å². The fourth-order valence-corrected chi connectivity index (χ4v) is 7.61. The number of aliphatic hydroxyl groups excluding tert-OH is 1. The lowest BCUT2D eigenvalue weighted by Crippen LogP contribution is -2.43. The molecular weight excluding hydrogens is 806 g/mol. The van der Waals surface area contributed by atoms with Crippen LogP contribution in [-0.2, 0) is 32.7 Å². The van der Waals surface area contributed by atoms with Crippen molar-refractivity contribution in [2.75, 3.05) is 19.8 Å². The largest absolute Gasteiger partial charge is 0.480 e. The molecule has 1 amide bonds. The summed E-state index contributed by atoms with van der Waals surface area (Å²) < 4.78 is 26.9. The van der Waals surface area contributed by atoms with Crippen molar-refractivity contribution in [2.24, 2.45) is 0 Å². The van der Waals surface area contributed by atoms with Crippen molar-refractivity contribution in [1.82, 2.24) is 5.32 Å². The molecule has 360 valence electrons. The third-order valence-electron chi connectivity index (χ3n) is 10.6. The number of carboxylic acids is 1. The van der Waals surface area contributed by atoms with Gasteiger partial charge in [0, 0.05) is 12.8 Å². The van der Waals surface area contributed by atoms with Gasteiger partial charge in [0.2, 0.25) is 5.91 Å². The van der Waals surface area contributed by atoms with Crippen LogP contribution >= 0.6 is 7.82 Å². The first-order valence-electron chi connectivity index (χ1n) is 24.7. The lowest BCUT2D eigenvalue weighted by atomic mass is 10.0. The van der Waals surface area contributed by atoms with Crippen LogP contribution in [0.1, 0.15) is 219 Å². The summed E-state index contributed by atoms with van der Waals surface area (Å²) in [6, 6.07) is -1.55. The van der Waals surface area contributed by atoms with E-state index < -0.39 is 57.6 Å². The van der Waals surface area contributed by atoms with Gasteiger partial charge in [-0.3, -0.25) is 18.6 Å². The number of hydrogen-bond donors (Lipinski definition) is 4. The topological polar surface area (TPSA) is 169 Å². The summed E-state index contributed by atoms with van der Waals surface area (Å²) >= 11 is 0. The van der Waals surface area contributed by atoms with E-state index in [2.05, 4.69) is 67.8 Å². The molecule has 0 aliphatic heterocycles. The summed E-state index contributed by atoms with van der Waals surface area (Å²) in [5, 5.41) is 21.9. The van der Waals surface area contributed by atoms with Crippen molar-refractivity contribution in [3.8, 4) is 0 Å². The number of esters is 1. The normalized spacial score (nSPS) is 14.0. The summed E-state index contributed by atoms with van der Waals surface area (Å²) in [6.45, 7) is 2.46. The number of rotatable bonds is 46. The van der Waals surface area contributed by atoms with Crippen LogP contribution in [0.25, 0.3) is 0 Å². The Morgan fingerprint density at radius 2 is 0.935 bits per heavy atom. The molecule has 0 aliphatic rings. The molecule has 0 rings (SSSR count). The summed E-state index contributed by atoms with van der Waals surface area (Å²) in [5.74, 6) is -2.41. The molecule has 0 spiro atoms. The van der Waals surface area contributed by atoms with Gasteiger partial charge in [0.15, 0.2) is 6.04 Å². The summed E-state index contributed by atoms with van der Waals surface area (Å²) in [7, 11) is -4.77. The molecule has 11 nitrogen and oxygen atoms in total. The van der Waals surface area contributed by atoms with Crippen molar-refractivity contribution in [1.29, 1.82) is 0 Å². The maximum absolute atomic E-state index is 12.4. The fraction of sp³-hybridized carbons (Fsp3) is 0.780. The number of carbonyl (C=O) groups excluding carboxylic acids is 2. The molecule has 0 aromatic rings. The Kier molecular flexibility index (Phi) is 43.2. The van der Waals surface area contributed by atoms with E-state index in [9.17, 15) is 34.1 Å². The van der Waals surface area contributed by atoms with Crippen molar-refractivity contribution in [2.45, 2.75) is 231 Å². The molecule has 0 radical (unpaired) electrons. The number of phosphoric acid groups is 1. The number of aliphatic hydroxyl groups is 1. The number of amides is 1. The van der Waals surface area contributed by atoms with Crippen LogP contribution in [0, 0.1) is 0 Å². The van der Waals surface area contributed by atoms with Gasteiger partial charge in [-0.25, -0.2) is 9.36 Å². The molecule has 3 atom stereocenters. The highest BCUT2D eigenvalue weighted by Crippen LogP contribution is 2.43. The highest BCUT2D eigenvalue weighted by atomic mass is 31.2. The third-order valence-corrected chi connectivity index (χ3v) is 11.6. The van der Waals surface area contributed by atoms with Crippen LogP contribution in [0.3, 0.4) is 0 Å². The maximum Gasteiger partial charge on any atom is 0.472 e. The number of carbonyl (C=O) groups is 3. The number of allylic oxidation sites excluding steroid dienone is 8. The number of nitrogens with one attached hydrogen (secondary N) is 1. The lowest BCUT2D eigenvalue weighted by molar-refractivity contribution is -0.147. The standard InChI is InChI=1S/C50H90NO10P/c1-3-5-7-9-11-13-15-17-19-20-21-22-23-24-25-26-28-29-31-33-35-37-39-41-48(53)51-47(50(55)56)45-61-62(57,58)60-44-46(52)43-59-49(54)42-40-38-36-34-32-30-27-18-16-14-12-10-8-6-4-2/h6,8,12,14,18,27,32,34,46-47,52H,3-5,7,9-11,13,15-17,19-26,28-31,33,35-45H2,1-2H3,(H,51,53)(H,55,56)(H,57,58)/b8-6-,14-12-,27-18-,34-32-. The molecular formula is C50H90NO10P. The Morgan fingerprint density at radius 1 is 0.532 bits per heavy atom. The van der Waals surface area contributed by atoms with Crippen LogP contribution in [0.15, 0.2) is 48.6 Å². The minimum Gasteiger partial charge on any atom is -0.480 e. The van der Waals surface area contributed by atoms with E-state index >= 15 is 0 Å². The molecule has 0 saturated heterocycles. The van der Waals surface area contributed by atoms with Crippen molar-refractivity contribution in [3.63, 3.8) is 0 Å². The first-order valence-corrected chi connectivity index (χ1v) is 26.2. The number of hydrogen-bond acceptors (Lipinski definition) is 8. The van der Waals surface area contributed by atoms with Crippen molar-refractivity contribution in [3.05, 3.63) is 48.6 Å². The summed E-state index contributed by atoms with van der Waals surface area (Å²) in [4.78, 5) is 46.0. The molecule has 0 heterocycles. The van der Waals surface area contributed by atoms with Gasteiger partial charge in [0.25, 0.3) is 0 Å². The summed E-state index contributed by atoms with van der Waals surface area (Å²) in [5.41, 5.74) is 0. The van der Waals surface area contributed by atoms with E-state index in [0.717, 1.165) is 57.8 Å². The Labute approximate surface area is 377 Å². The van der Waals surface area contributed by atoms with Gasteiger partial charge < -0.3 is 25.2 Å². The second-order valence-electron chi connectivity index (χ2n) is 16.6. The van der Waals surface area contributed by atoms with E-state index in [1.165, 1.54) is 122 Å². The highest BCUT2D eigenvalue weighted by Gasteiger charge is 2.28. The average Bonchev–Trinajstić information content (AvgIpc) is 3.25. The number of carboxylic acid groups (broad SMARTS) is 1. The molecule has 0 saturated carbocycles. The number of phosphoric ester groups is 1. The van der Waals surface area contributed by atoms with Crippen LogP contribution in [-0.4, -0.2) is 64.9 Å². The van der Waals surface area contributed by atoms with Crippen LogP contribution < -0.4 is 5.32 Å². The SMILES string of the molecule is CC/C=C\C/C=C\C/C=C\C/C=C\CCCCC(=O)OCC(O)COP(=O)(O)OCC(NC(=O)CCCCCCCCCCCCCCCCCCCCCCCCC)C(=O)O. The van der Waals surface area contributed by atoms with Gasteiger partial charge in [-0.05, 0) is 51.4 Å². The molecule has 4 N–H and O–H groups in total.